The third-order valence-electron chi connectivity index (χ3n) is 3.99. The minimum absolute atomic E-state index is 0.0967. The Morgan fingerprint density at radius 2 is 2.03 bits per heavy atom. The van der Waals surface area contributed by atoms with Gasteiger partial charge < -0.3 is 14.4 Å². The van der Waals surface area contributed by atoms with Crippen molar-refractivity contribution < 1.29 is 14.6 Å². The number of hydrogen-bond donors (Lipinski definition) is 2. The lowest BCUT2D eigenvalue weighted by Crippen LogP contribution is -2.15. The van der Waals surface area contributed by atoms with Gasteiger partial charge in [0.05, 0.1) is 12.9 Å². The summed E-state index contributed by atoms with van der Waals surface area (Å²) >= 11 is 2.61. The molecule has 0 aliphatic heterocycles. The van der Waals surface area contributed by atoms with Gasteiger partial charge in [0.15, 0.2) is 5.16 Å². The van der Waals surface area contributed by atoms with E-state index >= 15 is 0 Å². The first-order valence-corrected chi connectivity index (χ1v) is 10.9. The Labute approximate surface area is 176 Å². The number of anilines is 1. The van der Waals surface area contributed by atoms with Crippen molar-refractivity contribution in [2.24, 2.45) is 0 Å². The first-order chi connectivity index (χ1) is 14.1. The van der Waals surface area contributed by atoms with Crippen molar-refractivity contribution in [3.63, 3.8) is 0 Å². The van der Waals surface area contributed by atoms with Crippen molar-refractivity contribution in [2.45, 2.75) is 31.5 Å². The molecule has 0 radical (unpaired) electrons. The number of aryl methyl sites for hydroxylation is 1. The Morgan fingerprint density at radius 3 is 2.72 bits per heavy atom. The summed E-state index contributed by atoms with van der Waals surface area (Å²) in [6, 6.07) is 7.49. The Hall–Kier alpha value is -2.50. The second-order valence-corrected chi connectivity index (χ2v) is 7.88. The van der Waals surface area contributed by atoms with Crippen LogP contribution in [0.15, 0.2) is 29.4 Å². The lowest BCUT2D eigenvalue weighted by atomic mass is 10.2. The summed E-state index contributed by atoms with van der Waals surface area (Å²) < 4.78 is 7.09. The average molecular weight is 435 g/mol. The maximum absolute atomic E-state index is 12.3. The van der Waals surface area contributed by atoms with Crippen LogP contribution in [0.2, 0.25) is 0 Å². The van der Waals surface area contributed by atoms with E-state index < -0.39 is 0 Å². The van der Waals surface area contributed by atoms with Crippen LogP contribution in [-0.4, -0.2) is 55.4 Å². The fraction of sp³-hybridized carbons (Fsp3) is 0.389. The van der Waals surface area contributed by atoms with Crippen LogP contribution in [0.1, 0.15) is 19.2 Å². The predicted molar refractivity (Wildman–Crippen MR) is 112 cm³/mol. The van der Waals surface area contributed by atoms with E-state index in [2.05, 4.69) is 25.7 Å². The van der Waals surface area contributed by atoms with Gasteiger partial charge in [0, 0.05) is 25.1 Å². The second kappa shape index (κ2) is 10.3. The maximum Gasteiger partial charge on any atom is 0.236 e. The molecule has 2 heterocycles. The number of thioether (sulfide) groups is 1. The molecule has 11 heteroatoms. The van der Waals surface area contributed by atoms with E-state index in [1.807, 2.05) is 35.8 Å². The summed E-state index contributed by atoms with van der Waals surface area (Å²) in [7, 11) is 1.61. The summed E-state index contributed by atoms with van der Waals surface area (Å²) in [5, 5.41) is 30.1. The fourth-order valence-electron chi connectivity index (χ4n) is 2.55. The standard InChI is InChI=1S/C18H22N6O3S2/c1-3-14-20-23-18(24(14)9-4-10-25)28-11-15(26)19-17-22-21-16(29-17)12-5-7-13(27-2)8-6-12/h5-8,25H,3-4,9-11H2,1-2H3,(H,19,22,26). The maximum atomic E-state index is 12.3. The minimum atomic E-state index is -0.192. The van der Waals surface area contributed by atoms with E-state index in [1.165, 1.54) is 23.1 Å². The number of nitrogens with one attached hydrogen (secondary N) is 1. The Balaban J connectivity index is 1.57. The summed E-state index contributed by atoms with van der Waals surface area (Å²) in [6.45, 7) is 2.72. The third kappa shape index (κ3) is 5.52. The molecule has 154 valence electrons. The number of ether oxygens (including phenoxy) is 1. The van der Waals surface area contributed by atoms with Crippen LogP contribution in [0.5, 0.6) is 5.75 Å². The number of aliphatic hydroxyl groups is 1. The van der Waals surface area contributed by atoms with Crippen molar-refractivity contribution >= 4 is 34.1 Å². The van der Waals surface area contributed by atoms with Gasteiger partial charge in [-0.15, -0.1) is 20.4 Å². The molecule has 0 spiro atoms. The van der Waals surface area contributed by atoms with E-state index in [0.717, 1.165) is 23.6 Å². The number of nitrogens with zero attached hydrogens (tertiary/aromatic N) is 5. The molecule has 2 aromatic heterocycles. The smallest absolute Gasteiger partial charge is 0.236 e. The highest BCUT2D eigenvalue weighted by Gasteiger charge is 2.14. The van der Waals surface area contributed by atoms with E-state index in [-0.39, 0.29) is 18.3 Å². The molecule has 0 saturated heterocycles. The molecule has 9 nitrogen and oxygen atoms in total. The van der Waals surface area contributed by atoms with Crippen LogP contribution < -0.4 is 10.1 Å². The van der Waals surface area contributed by atoms with Crippen molar-refractivity contribution in [2.75, 3.05) is 24.8 Å². The zero-order valence-corrected chi connectivity index (χ0v) is 17.8. The number of amides is 1. The van der Waals surface area contributed by atoms with Gasteiger partial charge in [0.1, 0.15) is 16.6 Å². The normalized spacial score (nSPS) is 10.9. The van der Waals surface area contributed by atoms with Crippen LogP contribution >= 0.6 is 23.1 Å². The summed E-state index contributed by atoms with van der Waals surface area (Å²) in [4.78, 5) is 12.3. The van der Waals surface area contributed by atoms with Gasteiger partial charge in [-0.2, -0.15) is 0 Å². The SMILES string of the molecule is CCc1nnc(SCC(=O)Nc2nnc(-c3ccc(OC)cc3)s2)n1CCCO. The van der Waals surface area contributed by atoms with Crippen LogP contribution in [0.3, 0.4) is 0 Å². The quantitative estimate of drug-likeness (QED) is 0.468. The largest absolute Gasteiger partial charge is 0.497 e. The highest BCUT2D eigenvalue weighted by atomic mass is 32.2. The predicted octanol–water partition coefficient (Wildman–Crippen LogP) is 2.48. The number of hydrogen-bond acceptors (Lipinski definition) is 9. The third-order valence-corrected chi connectivity index (χ3v) is 5.84. The van der Waals surface area contributed by atoms with Gasteiger partial charge in [-0.3, -0.25) is 10.1 Å². The number of aliphatic hydroxyl groups excluding tert-OH is 1. The fourth-order valence-corrected chi connectivity index (χ4v) is 4.10. The molecular weight excluding hydrogens is 412 g/mol. The van der Waals surface area contributed by atoms with E-state index in [0.29, 0.717) is 28.3 Å². The molecule has 0 unspecified atom stereocenters. The summed E-state index contributed by atoms with van der Waals surface area (Å²) in [6.07, 6.45) is 1.35. The molecule has 0 saturated carbocycles. The number of rotatable bonds is 10. The van der Waals surface area contributed by atoms with Crippen molar-refractivity contribution in [1.29, 1.82) is 0 Å². The molecule has 0 atom stereocenters. The second-order valence-electron chi connectivity index (χ2n) is 5.96. The molecule has 3 aromatic rings. The molecule has 1 amide bonds. The molecule has 0 aliphatic carbocycles. The number of carbonyl (C=O) groups excluding carboxylic acids is 1. The van der Waals surface area contributed by atoms with Crippen LogP contribution in [0, 0.1) is 0 Å². The Bertz CT molecular complexity index is 941. The molecule has 0 aliphatic rings. The first kappa shape index (κ1) is 21.2. The zero-order chi connectivity index (χ0) is 20.6. The van der Waals surface area contributed by atoms with Gasteiger partial charge in [-0.1, -0.05) is 30.0 Å². The van der Waals surface area contributed by atoms with E-state index in [9.17, 15) is 4.79 Å². The van der Waals surface area contributed by atoms with Gasteiger partial charge in [0.25, 0.3) is 0 Å². The molecule has 3 rings (SSSR count). The Morgan fingerprint density at radius 1 is 1.24 bits per heavy atom. The first-order valence-electron chi connectivity index (χ1n) is 9.08. The topological polar surface area (TPSA) is 115 Å². The van der Waals surface area contributed by atoms with Crippen LogP contribution in [-0.2, 0) is 17.8 Å². The van der Waals surface area contributed by atoms with Gasteiger partial charge in [-0.05, 0) is 30.7 Å². The number of methoxy groups -OCH3 is 1. The van der Waals surface area contributed by atoms with Crippen molar-refractivity contribution in [3.05, 3.63) is 30.1 Å². The lowest BCUT2D eigenvalue weighted by molar-refractivity contribution is -0.113. The van der Waals surface area contributed by atoms with E-state index in [1.54, 1.807) is 7.11 Å². The number of aromatic nitrogens is 5. The van der Waals surface area contributed by atoms with Gasteiger partial charge in [-0.25, -0.2) is 0 Å². The summed E-state index contributed by atoms with van der Waals surface area (Å²) in [5.74, 6) is 1.59. The minimum Gasteiger partial charge on any atom is -0.497 e. The van der Waals surface area contributed by atoms with Crippen molar-refractivity contribution in [1.82, 2.24) is 25.0 Å². The molecule has 29 heavy (non-hydrogen) atoms. The summed E-state index contributed by atoms with van der Waals surface area (Å²) in [5.41, 5.74) is 0.905. The Kier molecular flexibility index (Phi) is 7.55. The number of carbonyl (C=O) groups is 1. The molecule has 0 fully saturated rings. The van der Waals surface area contributed by atoms with E-state index in [4.69, 9.17) is 9.84 Å². The molecule has 0 bridgehead atoms. The van der Waals surface area contributed by atoms with Gasteiger partial charge >= 0.3 is 0 Å². The van der Waals surface area contributed by atoms with Crippen molar-refractivity contribution in [3.8, 4) is 16.3 Å². The molecular formula is C18H22N6O3S2. The zero-order valence-electron chi connectivity index (χ0n) is 16.2. The molecule has 2 N–H and O–H groups in total. The van der Waals surface area contributed by atoms with Crippen LogP contribution in [0.25, 0.3) is 10.6 Å². The highest BCUT2D eigenvalue weighted by Crippen LogP contribution is 2.28. The highest BCUT2D eigenvalue weighted by molar-refractivity contribution is 7.99. The molecule has 1 aromatic carbocycles. The van der Waals surface area contributed by atoms with Crippen LogP contribution in [0.4, 0.5) is 5.13 Å². The monoisotopic (exact) mass is 434 g/mol. The van der Waals surface area contributed by atoms with Gasteiger partial charge in [0.2, 0.25) is 11.0 Å². The number of benzene rings is 1. The lowest BCUT2D eigenvalue weighted by Gasteiger charge is -2.08. The average Bonchev–Trinajstić information content (AvgIpc) is 3.37.